The van der Waals surface area contributed by atoms with Gasteiger partial charge in [0.15, 0.2) is 0 Å². The maximum Gasteiger partial charge on any atom is 0.216 e. The van der Waals surface area contributed by atoms with Crippen molar-refractivity contribution >= 4 is 5.91 Å². The van der Waals surface area contributed by atoms with Crippen molar-refractivity contribution in [1.82, 2.24) is 5.32 Å². The summed E-state index contributed by atoms with van der Waals surface area (Å²) in [5.74, 6) is 0.0361. The first-order chi connectivity index (χ1) is 7.80. The van der Waals surface area contributed by atoms with Crippen LogP contribution in [0.25, 0.3) is 0 Å². The first-order valence-corrected chi connectivity index (χ1v) is 6.15. The van der Waals surface area contributed by atoms with Gasteiger partial charge in [-0.05, 0) is 35.4 Å². The Bertz CT molecular complexity index is 402. The molecule has 2 heteroatoms. The molecule has 0 aliphatic carbocycles. The van der Waals surface area contributed by atoms with Gasteiger partial charge in [0.2, 0.25) is 5.91 Å². The lowest BCUT2D eigenvalue weighted by Gasteiger charge is -2.20. The number of carbonyl (C=O) groups excluding carboxylic acids is 1. The number of hydrogen-bond acceptors (Lipinski definition) is 1. The van der Waals surface area contributed by atoms with Gasteiger partial charge in [0.25, 0.3) is 0 Å². The van der Waals surface area contributed by atoms with Crippen molar-refractivity contribution in [3.63, 3.8) is 0 Å². The number of benzene rings is 1. The van der Waals surface area contributed by atoms with E-state index in [-0.39, 0.29) is 11.3 Å². The molecule has 0 unspecified atom stereocenters. The molecule has 0 spiro atoms. The van der Waals surface area contributed by atoms with Crippen molar-refractivity contribution < 1.29 is 4.79 Å². The molecule has 0 aromatic heterocycles. The Morgan fingerprint density at radius 3 is 2.41 bits per heavy atom. The van der Waals surface area contributed by atoms with Crippen LogP contribution in [-0.4, -0.2) is 12.5 Å². The molecule has 1 aromatic rings. The normalized spacial score (nSPS) is 11.4. The molecule has 1 N–H and O–H groups in total. The Hall–Kier alpha value is -1.31. The molecule has 0 heterocycles. The summed E-state index contributed by atoms with van der Waals surface area (Å²) < 4.78 is 0. The molecule has 0 fully saturated rings. The van der Waals surface area contributed by atoms with Crippen LogP contribution in [0.15, 0.2) is 18.2 Å². The summed E-state index contributed by atoms with van der Waals surface area (Å²) in [6.07, 6.45) is 0.899. The van der Waals surface area contributed by atoms with E-state index in [2.05, 4.69) is 51.2 Å². The fourth-order valence-electron chi connectivity index (χ4n) is 1.82. The number of amides is 1. The monoisotopic (exact) mass is 233 g/mol. The van der Waals surface area contributed by atoms with Crippen molar-refractivity contribution in [3.05, 3.63) is 34.9 Å². The van der Waals surface area contributed by atoms with Crippen LogP contribution in [0.2, 0.25) is 0 Å². The van der Waals surface area contributed by atoms with E-state index >= 15 is 0 Å². The molecule has 0 bridgehead atoms. The van der Waals surface area contributed by atoms with Crippen LogP contribution in [0.5, 0.6) is 0 Å². The molecule has 1 amide bonds. The molecule has 1 rings (SSSR count). The second-order valence-electron chi connectivity index (χ2n) is 5.62. The summed E-state index contributed by atoms with van der Waals surface area (Å²) in [6.45, 7) is 11.1. The van der Waals surface area contributed by atoms with Crippen molar-refractivity contribution in [2.24, 2.45) is 0 Å². The molecule has 0 saturated carbocycles. The summed E-state index contributed by atoms with van der Waals surface area (Å²) >= 11 is 0. The van der Waals surface area contributed by atoms with Gasteiger partial charge in [0.05, 0.1) is 0 Å². The van der Waals surface area contributed by atoms with Crippen molar-refractivity contribution in [2.75, 3.05) is 6.54 Å². The predicted octanol–water partition coefficient (Wildman–Crippen LogP) is 2.97. The van der Waals surface area contributed by atoms with Gasteiger partial charge in [-0.25, -0.2) is 0 Å². The van der Waals surface area contributed by atoms with Crippen LogP contribution in [0.4, 0.5) is 0 Å². The molecule has 2 nitrogen and oxygen atoms in total. The highest BCUT2D eigenvalue weighted by Gasteiger charge is 2.14. The zero-order valence-electron chi connectivity index (χ0n) is 11.6. The SMILES string of the molecule is CC(=O)NCCc1ccc(C(C)(C)C)cc1C. The van der Waals surface area contributed by atoms with Gasteiger partial charge in [-0.3, -0.25) is 4.79 Å². The summed E-state index contributed by atoms with van der Waals surface area (Å²) in [5.41, 5.74) is 4.17. The Morgan fingerprint density at radius 1 is 1.29 bits per heavy atom. The molecular formula is C15H23NO. The zero-order chi connectivity index (χ0) is 13.1. The molecular weight excluding hydrogens is 210 g/mol. The average molecular weight is 233 g/mol. The van der Waals surface area contributed by atoms with E-state index in [1.54, 1.807) is 6.92 Å². The predicted molar refractivity (Wildman–Crippen MR) is 72.3 cm³/mol. The molecule has 0 saturated heterocycles. The Balaban J connectivity index is 2.73. The maximum atomic E-state index is 10.8. The van der Waals surface area contributed by atoms with E-state index in [0.717, 1.165) is 6.42 Å². The standard InChI is InChI=1S/C15H23NO/c1-11-10-14(15(3,4)5)7-6-13(11)8-9-16-12(2)17/h6-7,10H,8-9H2,1-5H3,(H,16,17). The minimum Gasteiger partial charge on any atom is -0.356 e. The molecule has 0 aliphatic heterocycles. The number of nitrogens with one attached hydrogen (secondary N) is 1. The Kier molecular flexibility index (Phi) is 4.33. The van der Waals surface area contributed by atoms with Gasteiger partial charge in [-0.2, -0.15) is 0 Å². The molecule has 0 aliphatic rings. The lowest BCUT2D eigenvalue weighted by atomic mass is 9.85. The fourth-order valence-corrected chi connectivity index (χ4v) is 1.82. The van der Waals surface area contributed by atoms with E-state index < -0.39 is 0 Å². The second-order valence-corrected chi connectivity index (χ2v) is 5.62. The largest absolute Gasteiger partial charge is 0.356 e. The molecule has 94 valence electrons. The molecule has 17 heavy (non-hydrogen) atoms. The third kappa shape index (κ3) is 4.22. The van der Waals surface area contributed by atoms with Gasteiger partial charge < -0.3 is 5.32 Å². The van der Waals surface area contributed by atoms with Crippen molar-refractivity contribution in [1.29, 1.82) is 0 Å². The third-order valence-corrected chi connectivity index (χ3v) is 2.98. The van der Waals surface area contributed by atoms with E-state index in [4.69, 9.17) is 0 Å². The molecule has 0 radical (unpaired) electrons. The highest BCUT2D eigenvalue weighted by molar-refractivity contribution is 5.72. The minimum atomic E-state index is 0.0361. The highest BCUT2D eigenvalue weighted by Crippen LogP contribution is 2.24. The van der Waals surface area contributed by atoms with E-state index in [9.17, 15) is 4.79 Å². The quantitative estimate of drug-likeness (QED) is 0.854. The smallest absolute Gasteiger partial charge is 0.216 e. The topological polar surface area (TPSA) is 29.1 Å². The number of aryl methyl sites for hydroxylation is 1. The second kappa shape index (κ2) is 5.35. The van der Waals surface area contributed by atoms with Crippen LogP contribution in [0.1, 0.15) is 44.4 Å². The highest BCUT2D eigenvalue weighted by atomic mass is 16.1. The third-order valence-electron chi connectivity index (χ3n) is 2.98. The zero-order valence-corrected chi connectivity index (χ0v) is 11.6. The van der Waals surface area contributed by atoms with Crippen LogP contribution in [0, 0.1) is 6.92 Å². The summed E-state index contributed by atoms with van der Waals surface area (Å²) in [5, 5.41) is 2.83. The summed E-state index contributed by atoms with van der Waals surface area (Å²) in [7, 11) is 0. The van der Waals surface area contributed by atoms with E-state index in [1.807, 2.05) is 0 Å². The van der Waals surface area contributed by atoms with Gasteiger partial charge in [0, 0.05) is 13.5 Å². The first kappa shape index (κ1) is 13.8. The first-order valence-electron chi connectivity index (χ1n) is 6.15. The number of rotatable bonds is 3. The minimum absolute atomic E-state index is 0.0361. The van der Waals surface area contributed by atoms with E-state index in [1.165, 1.54) is 16.7 Å². The van der Waals surface area contributed by atoms with Crippen LogP contribution < -0.4 is 5.32 Å². The van der Waals surface area contributed by atoms with E-state index in [0.29, 0.717) is 6.54 Å². The summed E-state index contributed by atoms with van der Waals surface area (Å²) in [6, 6.07) is 6.62. The van der Waals surface area contributed by atoms with Gasteiger partial charge in [-0.1, -0.05) is 39.0 Å². The van der Waals surface area contributed by atoms with Crippen molar-refractivity contribution in [2.45, 2.75) is 46.5 Å². The fraction of sp³-hybridized carbons (Fsp3) is 0.533. The van der Waals surface area contributed by atoms with Crippen LogP contribution in [-0.2, 0) is 16.6 Å². The summed E-state index contributed by atoms with van der Waals surface area (Å²) in [4.78, 5) is 10.8. The Morgan fingerprint density at radius 2 is 1.94 bits per heavy atom. The lowest BCUT2D eigenvalue weighted by molar-refractivity contribution is -0.118. The van der Waals surface area contributed by atoms with Crippen molar-refractivity contribution in [3.8, 4) is 0 Å². The molecule has 0 atom stereocenters. The van der Waals surface area contributed by atoms with Crippen LogP contribution >= 0.6 is 0 Å². The molecule has 1 aromatic carbocycles. The van der Waals surface area contributed by atoms with Gasteiger partial charge >= 0.3 is 0 Å². The number of hydrogen-bond donors (Lipinski definition) is 1. The number of carbonyl (C=O) groups is 1. The Labute approximate surface area is 104 Å². The van der Waals surface area contributed by atoms with Gasteiger partial charge in [-0.15, -0.1) is 0 Å². The maximum absolute atomic E-state index is 10.8. The lowest BCUT2D eigenvalue weighted by Crippen LogP contribution is -2.22. The average Bonchev–Trinajstić information content (AvgIpc) is 2.18. The van der Waals surface area contributed by atoms with Crippen LogP contribution in [0.3, 0.4) is 0 Å². The van der Waals surface area contributed by atoms with Gasteiger partial charge in [0.1, 0.15) is 0 Å².